The van der Waals surface area contributed by atoms with Crippen LogP contribution in [0.1, 0.15) is 23.0 Å². The van der Waals surface area contributed by atoms with Gasteiger partial charge < -0.3 is 10.4 Å². The lowest BCUT2D eigenvalue weighted by Gasteiger charge is -2.24. The first-order valence-corrected chi connectivity index (χ1v) is 7.58. The van der Waals surface area contributed by atoms with Gasteiger partial charge in [-0.25, -0.2) is 9.37 Å². The summed E-state index contributed by atoms with van der Waals surface area (Å²) in [5.74, 6) is -0.748. The van der Waals surface area contributed by atoms with E-state index in [4.69, 9.17) is 0 Å². The molecule has 0 bridgehead atoms. The summed E-state index contributed by atoms with van der Waals surface area (Å²) in [4.78, 5) is 16.6. The van der Waals surface area contributed by atoms with Gasteiger partial charge >= 0.3 is 0 Å². The minimum Gasteiger partial charge on any atom is -0.384 e. The molecule has 0 aliphatic rings. The molecule has 122 valence electrons. The lowest BCUT2D eigenvalue weighted by molar-refractivity contribution is 0.0524. The molecule has 24 heavy (non-hydrogen) atoms. The van der Waals surface area contributed by atoms with E-state index in [1.807, 2.05) is 30.3 Å². The zero-order chi connectivity index (χ0) is 17.2. The molecule has 0 spiro atoms. The first-order valence-electron chi connectivity index (χ1n) is 7.58. The number of pyridine rings is 1. The number of fused-ring (bicyclic) bond motifs is 1. The summed E-state index contributed by atoms with van der Waals surface area (Å²) in [7, 11) is 0. The van der Waals surface area contributed by atoms with Crippen molar-refractivity contribution in [1.82, 2.24) is 10.3 Å². The van der Waals surface area contributed by atoms with Crippen molar-refractivity contribution in [2.75, 3.05) is 6.54 Å². The lowest BCUT2D eigenvalue weighted by Crippen LogP contribution is -2.38. The standard InChI is InChI=1S/C19H17FN2O2/c1-19(24,14-7-9-15(20)10-8-14)12-21-18(23)17-11-6-13-4-2-3-5-16(13)22-17/h2-11,24H,12H2,1H3,(H,21,23). The van der Waals surface area contributed by atoms with E-state index in [2.05, 4.69) is 10.3 Å². The second-order valence-corrected chi connectivity index (χ2v) is 5.85. The molecule has 2 N–H and O–H groups in total. The summed E-state index contributed by atoms with van der Waals surface area (Å²) < 4.78 is 13.0. The van der Waals surface area contributed by atoms with Crippen molar-refractivity contribution in [1.29, 1.82) is 0 Å². The number of benzene rings is 2. The largest absolute Gasteiger partial charge is 0.384 e. The summed E-state index contributed by atoms with van der Waals surface area (Å²) in [6, 6.07) is 16.5. The number of para-hydroxylation sites is 1. The van der Waals surface area contributed by atoms with Crippen molar-refractivity contribution in [3.8, 4) is 0 Å². The Bertz CT molecular complexity index is 876. The number of amides is 1. The number of nitrogens with one attached hydrogen (secondary N) is 1. The van der Waals surface area contributed by atoms with Gasteiger partial charge in [-0.1, -0.05) is 36.4 Å². The molecule has 1 aromatic heterocycles. The van der Waals surface area contributed by atoms with Gasteiger partial charge in [0.05, 0.1) is 12.1 Å². The molecule has 0 saturated carbocycles. The Hall–Kier alpha value is -2.79. The van der Waals surface area contributed by atoms with Gasteiger partial charge in [0.25, 0.3) is 5.91 Å². The van der Waals surface area contributed by atoms with Gasteiger partial charge in [-0.05, 0) is 36.8 Å². The molecule has 2 aromatic carbocycles. The highest BCUT2D eigenvalue weighted by Crippen LogP contribution is 2.20. The van der Waals surface area contributed by atoms with Crippen LogP contribution in [0.3, 0.4) is 0 Å². The number of aromatic nitrogens is 1. The number of nitrogens with zero attached hydrogens (tertiary/aromatic N) is 1. The van der Waals surface area contributed by atoms with Crippen LogP contribution in [0.25, 0.3) is 10.9 Å². The number of hydrogen-bond acceptors (Lipinski definition) is 3. The maximum absolute atomic E-state index is 13.0. The van der Waals surface area contributed by atoms with Crippen molar-refractivity contribution < 1.29 is 14.3 Å². The van der Waals surface area contributed by atoms with E-state index in [0.29, 0.717) is 5.56 Å². The van der Waals surface area contributed by atoms with Crippen molar-refractivity contribution >= 4 is 16.8 Å². The molecule has 0 aliphatic carbocycles. The minimum atomic E-state index is -1.31. The Morgan fingerprint density at radius 3 is 2.58 bits per heavy atom. The van der Waals surface area contributed by atoms with Crippen LogP contribution < -0.4 is 5.32 Å². The molecule has 5 heteroatoms. The molecular formula is C19H17FN2O2. The highest BCUT2D eigenvalue weighted by molar-refractivity contribution is 5.94. The average Bonchev–Trinajstić information content (AvgIpc) is 2.59. The van der Waals surface area contributed by atoms with Crippen molar-refractivity contribution in [2.24, 2.45) is 0 Å². The minimum absolute atomic E-state index is 0.00796. The van der Waals surface area contributed by atoms with Gasteiger partial charge in [0.2, 0.25) is 0 Å². The number of rotatable bonds is 4. The smallest absolute Gasteiger partial charge is 0.270 e. The van der Waals surface area contributed by atoms with E-state index in [0.717, 1.165) is 10.9 Å². The number of carbonyl (C=O) groups is 1. The number of hydrogen-bond donors (Lipinski definition) is 2. The van der Waals surface area contributed by atoms with Gasteiger partial charge in [-0.2, -0.15) is 0 Å². The zero-order valence-electron chi connectivity index (χ0n) is 13.2. The fraction of sp³-hybridized carbons (Fsp3) is 0.158. The third kappa shape index (κ3) is 3.41. The molecule has 3 rings (SSSR count). The van der Waals surface area contributed by atoms with Crippen LogP contribution >= 0.6 is 0 Å². The molecule has 0 fully saturated rings. The summed E-state index contributed by atoms with van der Waals surface area (Å²) in [6.07, 6.45) is 0. The maximum atomic E-state index is 13.0. The van der Waals surface area contributed by atoms with E-state index >= 15 is 0 Å². The summed E-state index contributed by atoms with van der Waals surface area (Å²) in [6.45, 7) is 1.56. The van der Waals surface area contributed by atoms with Gasteiger partial charge in [-0.3, -0.25) is 4.79 Å². The molecule has 1 amide bonds. The van der Waals surface area contributed by atoms with E-state index < -0.39 is 5.60 Å². The summed E-state index contributed by atoms with van der Waals surface area (Å²) >= 11 is 0. The SMILES string of the molecule is CC(O)(CNC(=O)c1ccc2ccccc2n1)c1ccc(F)cc1. The predicted molar refractivity (Wildman–Crippen MR) is 90.0 cm³/mol. The number of halogens is 1. The predicted octanol–water partition coefficient (Wildman–Crippen LogP) is 3.01. The van der Waals surface area contributed by atoms with Crippen LogP contribution in [0, 0.1) is 5.82 Å². The molecule has 4 nitrogen and oxygen atoms in total. The van der Waals surface area contributed by atoms with Crippen LogP contribution in [0.15, 0.2) is 60.7 Å². The average molecular weight is 324 g/mol. The van der Waals surface area contributed by atoms with Crippen molar-refractivity contribution in [3.05, 3.63) is 77.7 Å². The van der Waals surface area contributed by atoms with Gasteiger partial charge in [0.1, 0.15) is 17.1 Å². The molecule has 1 heterocycles. The van der Waals surface area contributed by atoms with Crippen molar-refractivity contribution in [2.45, 2.75) is 12.5 Å². The lowest BCUT2D eigenvalue weighted by atomic mass is 9.96. The van der Waals surface area contributed by atoms with Crippen LogP contribution in [0.2, 0.25) is 0 Å². The van der Waals surface area contributed by atoms with Crippen LogP contribution in [-0.2, 0) is 5.60 Å². The Morgan fingerprint density at radius 1 is 1.12 bits per heavy atom. The third-order valence-corrected chi connectivity index (χ3v) is 3.89. The van der Waals surface area contributed by atoms with E-state index in [9.17, 15) is 14.3 Å². The number of aliphatic hydroxyl groups is 1. The molecule has 1 unspecified atom stereocenters. The van der Waals surface area contributed by atoms with E-state index in [1.165, 1.54) is 24.3 Å². The third-order valence-electron chi connectivity index (χ3n) is 3.89. The van der Waals surface area contributed by atoms with Crippen LogP contribution in [0.5, 0.6) is 0 Å². The Labute approximate surface area is 139 Å². The second kappa shape index (κ2) is 6.37. The Balaban J connectivity index is 1.72. The fourth-order valence-electron chi connectivity index (χ4n) is 2.45. The first-order chi connectivity index (χ1) is 11.5. The highest BCUT2D eigenvalue weighted by atomic mass is 19.1. The fourth-order valence-corrected chi connectivity index (χ4v) is 2.45. The van der Waals surface area contributed by atoms with Gasteiger partial charge in [0.15, 0.2) is 0 Å². The van der Waals surface area contributed by atoms with Gasteiger partial charge in [-0.15, -0.1) is 0 Å². The van der Waals surface area contributed by atoms with E-state index in [1.54, 1.807) is 13.0 Å². The van der Waals surface area contributed by atoms with Crippen LogP contribution in [-0.4, -0.2) is 22.5 Å². The van der Waals surface area contributed by atoms with Crippen LogP contribution in [0.4, 0.5) is 4.39 Å². The molecule has 0 saturated heterocycles. The highest BCUT2D eigenvalue weighted by Gasteiger charge is 2.24. The molecule has 0 radical (unpaired) electrons. The zero-order valence-corrected chi connectivity index (χ0v) is 13.2. The normalized spacial score (nSPS) is 13.5. The first kappa shape index (κ1) is 16.1. The summed E-state index contributed by atoms with van der Waals surface area (Å²) in [5.41, 5.74) is 0.231. The van der Waals surface area contributed by atoms with E-state index in [-0.39, 0.29) is 24.0 Å². The second-order valence-electron chi connectivity index (χ2n) is 5.85. The molecule has 3 aromatic rings. The molecule has 0 aliphatic heterocycles. The van der Waals surface area contributed by atoms with Gasteiger partial charge in [0, 0.05) is 5.39 Å². The quantitative estimate of drug-likeness (QED) is 0.775. The monoisotopic (exact) mass is 324 g/mol. The summed E-state index contributed by atoms with van der Waals surface area (Å²) in [5, 5.41) is 14.1. The molecular weight excluding hydrogens is 307 g/mol. The number of carbonyl (C=O) groups excluding carboxylic acids is 1. The maximum Gasteiger partial charge on any atom is 0.270 e. The molecule has 1 atom stereocenters. The Kier molecular flexibility index (Phi) is 4.27. The Morgan fingerprint density at radius 2 is 1.83 bits per heavy atom. The van der Waals surface area contributed by atoms with Crippen molar-refractivity contribution in [3.63, 3.8) is 0 Å². The topological polar surface area (TPSA) is 62.2 Å².